The van der Waals surface area contributed by atoms with Crippen molar-refractivity contribution in [3.63, 3.8) is 0 Å². The standard InChI is InChI=1S/C11H15BrFNO/c1-6(2)3-10(14)8-4-7(13)5-9(12)11(8)15/h4-6,10,15H,3,14H2,1-2H3. The summed E-state index contributed by atoms with van der Waals surface area (Å²) in [6, 6.07) is 2.17. The third-order valence-electron chi connectivity index (χ3n) is 2.18. The van der Waals surface area contributed by atoms with Crippen LogP contribution in [0.3, 0.4) is 0 Å². The van der Waals surface area contributed by atoms with Gasteiger partial charge in [0.2, 0.25) is 0 Å². The van der Waals surface area contributed by atoms with E-state index in [1.54, 1.807) is 0 Å². The highest BCUT2D eigenvalue weighted by Crippen LogP contribution is 2.34. The second-order valence-corrected chi connectivity index (χ2v) is 4.92. The molecule has 0 amide bonds. The number of hydrogen-bond donors (Lipinski definition) is 2. The van der Waals surface area contributed by atoms with Gasteiger partial charge in [0.1, 0.15) is 11.6 Å². The van der Waals surface area contributed by atoms with Crippen molar-refractivity contribution in [1.82, 2.24) is 0 Å². The third-order valence-corrected chi connectivity index (χ3v) is 2.79. The van der Waals surface area contributed by atoms with Crippen molar-refractivity contribution in [2.24, 2.45) is 11.7 Å². The van der Waals surface area contributed by atoms with Crippen LogP contribution in [0.25, 0.3) is 0 Å². The monoisotopic (exact) mass is 275 g/mol. The summed E-state index contributed by atoms with van der Waals surface area (Å²) in [5, 5.41) is 9.71. The quantitative estimate of drug-likeness (QED) is 0.889. The van der Waals surface area contributed by atoms with E-state index in [1.165, 1.54) is 12.1 Å². The summed E-state index contributed by atoms with van der Waals surface area (Å²) in [6.45, 7) is 4.07. The first-order chi connectivity index (χ1) is 6.91. The molecule has 0 radical (unpaired) electrons. The molecule has 4 heteroatoms. The predicted octanol–water partition coefficient (Wildman–Crippen LogP) is 3.34. The predicted molar refractivity (Wildman–Crippen MR) is 62.1 cm³/mol. The number of phenols is 1. The minimum absolute atomic E-state index is 0.0320. The maximum atomic E-state index is 13.1. The molecular formula is C11H15BrFNO. The Bertz CT molecular complexity index is 355. The molecule has 0 heterocycles. The van der Waals surface area contributed by atoms with E-state index in [0.717, 1.165) is 0 Å². The fraction of sp³-hybridized carbons (Fsp3) is 0.455. The highest BCUT2D eigenvalue weighted by molar-refractivity contribution is 9.10. The molecule has 0 aliphatic carbocycles. The van der Waals surface area contributed by atoms with E-state index in [0.29, 0.717) is 22.4 Å². The first-order valence-electron chi connectivity index (χ1n) is 4.85. The Morgan fingerprint density at radius 2 is 2.07 bits per heavy atom. The van der Waals surface area contributed by atoms with E-state index in [1.807, 2.05) is 13.8 Å². The Labute approximate surface area is 97.4 Å². The van der Waals surface area contributed by atoms with Crippen molar-refractivity contribution >= 4 is 15.9 Å². The van der Waals surface area contributed by atoms with Crippen molar-refractivity contribution in [1.29, 1.82) is 0 Å². The Morgan fingerprint density at radius 1 is 1.47 bits per heavy atom. The van der Waals surface area contributed by atoms with Gasteiger partial charge in [-0.25, -0.2) is 4.39 Å². The Balaban J connectivity index is 3.02. The van der Waals surface area contributed by atoms with Crippen LogP contribution < -0.4 is 5.73 Å². The van der Waals surface area contributed by atoms with Gasteiger partial charge in [-0.1, -0.05) is 13.8 Å². The van der Waals surface area contributed by atoms with Crippen LogP contribution in [0.5, 0.6) is 5.75 Å². The van der Waals surface area contributed by atoms with Gasteiger partial charge in [0.25, 0.3) is 0 Å². The average molecular weight is 276 g/mol. The number of hydrogen-bond acceptors (Lipinski definition) is 2. The molecule has 15 heavy (non-hydrogen) atoms. The average Bonchev–Trinajstić information content (AvgIpc) is 2.09. The topological polar surface area (TPSA) is 46.2 Å². The molecular weight excluding hydrogens is 261 g/mol. The lowest BCUT2D eigenvalue weighted by Crippen LogP contribution is -2.13. The molecule has 0 aliphatic rings. The lowest BCUT2D eigenvalue weighted by molar-refractivity contribution is 0.439. The SMILES string of the molecule is CC(C)CC(N)c1cc(F)cc(Br)c1O. The summed E-state index contributed by atoms with van der Waals surface area (Å²) in [4.78, 5) is 0. The molecule has 3 N–H and O–H groups in total. The summed E-state index contributed by atoms with van der Waals surface area (Å²) < 4.78 is 13.5. The molecule has 0 fully saturated rings. The van der Waals surface area contributed by atoms with Gasteiger partial charge >= 0.3 is 0 Å². The molecule has 2 nitrogen and oxygen atoms in total. The number of phenolic OH excluding ortho intramolecular Hbond substituents is 1. The fourth-order valence-electron chi connectivity index (χ4n) is 1.50. The minimum Gasteiger partial charge on any atom is -0.506 e. The highest BCUT2D eigenvalue weighted by Gasteiger charge is 2.16. The zero-order valence-corrected chi connectivity index (χ0v) is 10.4. The number of halogens is 2. The first-order valence-corrected chi connectivity index (χ1v) is 5.64. The zero-order valence-electron chi connectivity index (χ0n) is 8.80. The molecule has 0 saturated heterocycles. The van der Waals surface area contributed by atoms with Crippen molar-refractivity contribution in [2.75, 3.05) is 0 Å². The molecule has 1 atom stereocenters. The van der Waals surface area contributed by atoms with Crippen LogP contribution in [-0.4, -0.2) is 5.11 Å². The van der Waals surface area contributed by atoms with Crippen LogP contribution in [-0.2, 0) is 0 Å². The van der Waals surface area contributed by atoms with E-state index >= 15 is 0 Å². The lowest BCUT2D eigenvalue weighted by atomic mass is 9.97. The van der Waals surface area contributed by atoms with Gasteiger partial charge in [-0.05, 0) is 40.4 Å². The molecule has 1 aromatic rings. The Morgan fingerprint density at radius 3 is 2.60 bits per heavy atom. The van der Waals surface area contributed by atoms with Gasteiger partial charge in [-0.3, -0.25) is 0 Å². The molecule has 1 rings (SSSR count). The molecule has 0 saturated carbocycles. The maximum absolute atomic E-state index is 13.1. The maximum Gasteiger partial charge on any atom is 0.134 e. The van der Waals surface area contributed by atoms with Crippen LogP contribution in [0.2, 0.25) is 0 Å². The summed E-state index contributed by atoms with van der Waals surface area (Å²) in [5.41, 5.74) is 6.34. The van der Waals surface area contributed by atoms with Crippen molar-refractivity contribution in [3.8, 4) is 5.75 Å². The largest absolute Gasteiger partial charge is 0.506 e. The number of aromatic hydroxyl groups is 1. The smallest absolute Gasteiger partial charge is 0.134 e. The number of nitrogens with two attached hydrogens (primary N) is 1. The van der Waals surface area contributed by atoms with E-state index in [4.69, 9.17) is 5.73 Å². The van der Waals surface area contributed by atoms with E-state index in [2.05, 4.69) is 15.9 Å². The van der Waals surface area contributed by atoms with Crippen LogP contribution in [0.4, 0.5) is 4.39 Å². The Hall–Kier alpha value is -0.610. The number of benzene rings is 1. The van der Waals surface area contributed by atoms with Gasteiger partial charge < -0.3 is 10.8 Å². The highest BCUT2D eigenvalue weighted by atomic mass is 79.9. The second kappa shape index (κ2) is 4.94. The van der Waals surface area contributed by atoms with E-state index in [-0.39, 0.29) is 11.8 Å². The summed E-state index contributed by atoms with van der Waals surface area (Å²) in [5.74, 6) is 0.0415. The van der Waals surface area contributed by atoms with Gasteiger partial charge in [-0.15, -0.1) is 0 Å². The van der Waals surface area contributed by atoms with E-state index < -0.39 is 5.82 Å². The van der Waals surface area contributed by atoms with Crippen molar-refractivity contribution in [3.05, 3.63) is 28.0 Å². The normalized spacial score (nSPS) is 13.2. The van der Waals surface area contributed by atoms with Crippen LogP contribution in [0.1, 0.15) is 31.9 Å². The molecule has 0 aromatic heterocycles. The van der Waals surface area contributed by atoms with Crippen LogP contribution in [0.15, 0.2) is 16.6 Å². The van der Waals surface area contributed by atoms with E-state index in [9.17, 15) is 9.50 Å². The Kier molecular flexibility index (Phi) is 4.11. The minimum atomic E-state index is -0.395. The van der Waals surface area contributed by atoms with Gasteiger partial charge in [-0.2, -0.15) is 0 Å². The fourth-order valence-corrected chi connectivity index (χ4v) is 1.95. The molecule has 1 unspecified atom stereocenters. The third kappa shape index (κ3) is 3.18. The van der Waals surface area contributed by atoms with Gasteiger partial charge in [0.15, 0.2) is 0 Å². The van der Waals surface area contributed by atoms with Crippen LogP contribution in [0, 0.1) is 11.7 Å². The summed E-state index contributed by atoms with van der Waals surface area (Å²) in [6.07, 6.45) is 0.712. The first kappa shape index (κ1) is 12.5. The molecule has 0 aliphatic heterocycles. The molecule has 1 aromatic carbocycles. The molecule has 84 valence electrons. The lowest BCUT2D eigenvalue weighted by Gasteiger charge is -2.16. The number of rotatable bonds is 3. The van der Waals surface area contributed by atoms with Crippen molar-refractivity contribution < 1.29 is 9.50 Å². The summed E-state index contributed by atoms with van der Waals surface area (Å²) >= 11 is 3.09. The molecule has 0 bridgehead atoms. The van der Waals surface area contributed by atoms with Crippen molar-refractivity contribution in [2.45, 2.75) is 26.3 Å². The van der Waals surface area contributed by atoms with Gasteiger partial charge in [0.05, 0.1) is 4.47 Å². The molecule has 0 spiro atoms. The van der Waals surface area contributed by atoms with Crippen LogP contribution >= 0.6 is 15.9 Å². The van der Waals surface area contributed by atoms with Gasteiger partial charge in [0, 0.05) is 11.6 Å². The second-order valence-electron chi connectivity index (χ2n) is 4.06. The summed E-state index contributed by atoms with van der Waals surface area (Å²) in [7, 11) is 0. The zero-order chi connectivity index (χ0) is 11.6.